The van der Waals surface area contributed by atoms with E-state index in [-0.39, 0.29) is 24.1 Å². The predicted molar refractivity (Wildman–Crippen MR) is 90.3 cm³/mol. The van der Waals surface area contributed by atoms with Crippen LogP contribution in [0.3, 0.4) is 0 Å². The van der Waals surface area contributed by atoms with E-state index in [1.165, 1.54) is 6.07 Å². The van der Waals surface area contributed by atoms with Crippen LogP contribution in [0.4, 0.5) is 4.39 Å². The number of hydrogen-bond donors (Lipinski definition) is 2. The molecule has 7 heteroatoms. The molecule has 3 aliphatic rings. The molecule has 0 spiro atoms. The van der Waals surface area contributed by atoms with Gasteiger partial charge in [-0.15, -0.1) is 0 Å². The number of amides is 1. The largest absolute Gasteiger partial charge is 0.352 e. The molecule has 24 heavy (non-hydrogen) atoms. The average Bonchev–Trinajstić information content (AvgIpc) is 2.56. The molecule has 0 radical (unpaired) electrons. The van der Waals surface area contributed by atoms with Crippen LogP contribution in [0.1, 0.15) is 17.9 Å². The Morgan fingerprint density at radius 2 is 2.04 bits per heavy atom. The molecular weight excluding hydrogens is 377 g/mol. The van der Waals surface area contributed by atoms with Gasteiger partial charge in [-0.3, -0.25) is 14.6 Å². The minimum atomic E-state index is -0.466. The molecule has 1 aromatic rings. The summed E-state index contributed by atoms with van der Waals surface area (Å²) in [6, 6.07) is 4.66. The molecule has 0 bridgehead atoms. The Morgan fingerprint density at radius 1 is 1.21 bits per heavy atom. The first-order chi connectivity index (χ1) is 11.6. The maximum absolute atomic E-state index is 13.6. The van der Waals surface area contributed by atoms with Crippen LogP contribution in [0, 0.1) is 11.7 Å². The summed E-state index contributed by atoms with van der Waals surface area (Å²) in [4.78, 5) is 29.7. The van der Waals surface area contributed by atoms with Crippen molar-refractivity contribution in [2.45, 2.75) is 12.3 Å². The number of hydrogen-bond acceptors (Lipinski definition) is 4. The minimum Gasteiger partial charge on any atom is -0.352 e. The van der Waals surface area contributed by atoms with Gasteiger partial charge in [-0.1, -0.05) is 6.07 Å². The fourth-order valence-corrected chi connectivity index (χ4v) is 4.10. The number of aliphatic imine (C=N–C) groups is 1. The third-order valence-electron chi connectivity index (χ3n) is 4.74. The Hall–Kier alpha value is -1.86. The highest BCUT2D eigenvalue weighted by atomic mass is 79.9. The standard InChI is InChI=1S/C17H15BrFN3O2/c18-9-5-8(1-2-10(9)19)14-15-12(6-20-7-13(15)23)22-11-3-4-21-17(24)16(11)14/h1-2,5,14-15,20H,3-4,6-7H2,(H,21,24). The van der Waals surface area contributed by atoms with Gasteiger partial charge >= 0.3 is 0 Å². The number of ketones is 1. The van der Waals surface area contributed by atoms with Gasteiger partial charge in [0.25, 0.3) is 0 Å². The highest BCUT2D eigenvalue weighted by molar-refractivity contribution is 9.10. The first-order valence-corrected chi connectivity index (χ1v) is 8.62. The molecule has 3 heterocycles. The highest BCUT2D eigenvalue weighted by Gasteiger charge is 2.44. The van der Waals surface area contributed by atoms with Gasteiger partial charge < -0.3 is 10.6 Å². The van der Waals surface area contributed by atoms with Crippen molar-refractivity contribution in [3.8, 4) is 0 Å². The van der Waals surface area contributed by atoms with Crippen LogP contribution < -0.4 is 10.6 Å². The number of halogens is 2. The third kappa shape index (κ3) is 2.43. The molecule has 2 unspecified atom stereocenters. The molecule has 1 fully saturated rings. The molecule has 0 aliphatic carbocycles. The van der Waals surface area contributed by atoms with Gasteiger partial charge in [0, 0.05) is 36.7 Å². The lowest BCUT2D eigenvalue weighted by Crippen LogP contribution is -2.51. The molecule has 1 amide bonds. The summed E-state index contributed by atoms with van der Waals surface area (Å²) in [7, 11) is 0. The van der Waals surface area contributed by atoms with Crippen LogP contribution in [0.5, 0.6) is 0 Å². The van der Waals surface area contributed by atoms with E-state index in [0.717, 1.165) is 17.0 Å². The van der Waals surface area contributed by atoms with Crippen molar-refractivity contribution in [1.82, 2.24) is 10.6 Å². The predicted octanol–water partition coefficient (Wildman–Crippen LogP) is 1.69. The van der Waals surface area contributed by atoms with E-state index in [0.29, 0.717) is 29.6 Å². The van der Waals surface area contributed by atoms with Crippen molar-refractivity contribution in [1.29, 1.82) is 0 Å². The summed E-state index contributed by atoms with van der Waals surface area (Å²) in [5.74, 6) is -1.43. The zero-order chi connectivity index (χ0) is 16.8. The van der Waals surface area contributed by atoms with Crippen molar-refractivity contribution >= 4 is 33.3 Å². The van der Waals surface area contributed by atoms with Gasteiger partial charge in [-0.2, -0.15) is 0 Å². The second-order valence-corrected chi connectivity index (χ2v) is 7.02. The molecule has 2 atom stereocenters. The van der Waals surface area contributed by atoms with Crippen LogP contribution >= 0.6 is 15.9 Å². The number of rotatable bonds is 1. The molecule has 124 valence electrons. The molecular formula is C17H15BrFN3O2. The van der Waals surface area contributed by atoms with Crippen molar-refractivity contribution in [2.75, 3.05) is 19.6 Å². The molecule has 4 rings (SSSR count). The van der Waals surface area contributed by atoms with E-state index in [1.807, 2.05) is 0 Å². The number of piperidine rings is 1. The van der Waals surface area contributed by atoms with Crippen LogP contribution in [-0.2, 0) is 9.59 Å². The van der Waals surface area contributed by atoms with Crippen LogP contribution in [0.15, 0.2) is 38.9 Å². The first-order valence-electron chi connectivity index (χ1n) is 7.83. The monoisotopic (exact) mass is 391 g/mol. The summed E-state index contributed by atoms with van der Waals surface area (Å²) in [6.45, 7) is 1.33. The third-order valence-corrected chi connectivity index (χ3v) is 5.35. The number of carbonyl (C=O) groups excluding carboxylic acids is 2. The summed E-state index contributed by atoms with van der Waals surface area (Å²) in [5, 5.41) is 5.90. The zero-order valence-corrected chi connectivity index (χ0v) is 14.3. The Kier molecular flexibility index (Phi) is 3.85. The number of Topliss-reactive ketones (excluding diaryl/α,β-unsaturated/α-hetero) is 1. The van der Waals surface area contributed by atoms with Crippen molar-refractivity contribution < 1.29 is 14.0 Å². The quantitative estimate of drug-likeness (QED) is 0.765. The van der Waals surface area contributed by atoms with E-state index in [2.05, 4.69) is 31.6 Å². The smallest absolute Gasteiger partial charge is 0.249 e. The van der Waals surface area contributed by atoms with Crippen LogP contribution in [0.25, 0.3) is 0 Å². The van der Waals surface area contributed by atoms with Crippen molar-refractivity contribution in [2.24, 2.45) is 10.9 Å². The van der Waals surface area contributed by atoms with Gasteiger partial charge in [0.1, 0.15) is 5.82 Å². The van der Waals surface area contributed by atoms with E-state index >= 15 is 0 Å². The highest BCUT2D eigenvalue weighted by Crippen LogP contribution is 2.42. The number of carbonyl (C=O) groups is 2. The van der Waals surface area contributed by atoms with Gasteiger partial charge in [0.15, 0.2) is 5.78 Å². The summed E-state index contributed by atoms with van der Waals surface area (Å²) >= 11 is 3.20. The minimum absolute atomic E-state index is 0.00960. The summed E-state index contributed by atoms with van der Waals surface area (Å²) < 4.78 is 14.0. The molecule has 0 aromatic heterocycles. The van der Waals surface area contributed by atoms with Gasteiger partial charge in [0.05, 0.1) is 22.6 Å². The molecule has 2 N–H and O–H groups in total. The Balaban J connectivity index is 1.91. The molecule has 3 aliphatic heterocycles. The second kappa shape index (κ2) is 5.89. The molecule has 1 aromatic carbocycles. The maximum Gasteiger partial charge on any atom is 0.249 e. The summed E-state index contributed by atoms with van der Waals surface area (Å²) in [6.07, 6.45) is 0.643. The topological polar surface area (TPSA) is 70.6 Å². The lowest BCUT2D eigenvalue weighted by Gasteiger charge is -2.38. The number of fused-ring (bicyclic) bond motifs is 1. The number of benzene rings is 1. The lowest BCUT2D eigenvalue weighted by molar-refractivity contribution is -0.121. The van der Waals surface area contributed by atoms with E-state index in [4.69, 9.17) is 0 Å². The van der Waals surface area contributed by atoms with Crippen LogP contribution in [0.2, 0.25) is 0 Å². The Morgan fingerprint density at radius 3 is 2.83 bits per heavy atom. The fourth-order valence-electron chi connectivity index (χ4n) is 3.70. The SMILES string of the molecule is O=C1NCCC2=C1C(c1ccc(F)c(Br)c1)C1C(=O)CNCC1=N2. The van der Waals surface area contributed by atoms with E-state index in [9.17, 15) is 14.0 Å². The first kappa shape index (κ1) is 15.7. The van der Waals surface area contributed by atoms with Crippen molar-refractivity contribution in [3.05, 3.63) is 45.3 Å². The van der Waals surface area contributed by atoms with Gasteiger partial charge in [0.2, 0.25) is 5.91 Å². The van der Waals surface area contributed by atoms with E-state index in [1.54, 1.807) is 12.1 Å². The summed E-state index contributed by atoms with van der Waals surface area (Å²) in [5.41, 5.74) is 2.81. The number of nitrogens with zero attached hydrogens (tertiary/aromatic N) is 1. The average molecular weight is 392 g/mol. The normalized spacial score (nSPS) is 26.5. The van der Waals surface area contributed by atoms with Crippen LogP contribution in [-0.4, -0.2) is 37.0 Å². The number of nitrogens with one attached hydrogen (secondary N) is 2. The Labute approximate surface area is 146 Å². The van der Waals surface area contributed by atoms with Gasteiger partial charge in [-0.25, -0.2) is 4.39 Å². The van der Waals surface area contributed by atoms with Gasteiger partial charge in [-0.05, 0) is 33.6 Å². The lowest BCUT2D eigenvalue weighted by atomic mass is 9.71. The molecule has 5 nitrogen and oxygen atoms in total. The van der Waals surface area contributed by atoms with Crippen molar-refractivity contribution in [3.63, 3.8) is 0 Å². The maximum atomic E-state index is 13.6. The zero-order valence-electron chi connectivity index (χ0n) is 12.7. The Bertz CT molecular complexity index is 818. The molecule has 1 saturated heterocycles. The molecule has 0 saturated carbocycles. The second-order valence-electron chi connectivity index (χ2n) is 6.17. The fraction of sp³-hybridized carbons (Fsp3) is 0.353. The van der Waals surface area contributed by atoms with E-state index < -0.39 is 11.8 Å².